The average Bonchev–Trinajstić information content (AvgIpc) is 2.03. The summed E-state index contributed by atoms with van der Waals surface area (Å²) in [5, 5.41) is 11.3. The van der Waals surface area contributed by atoms with Gasteiger partial charge in [0.05, 0.1) is 0 Å². The molecule has 2 N–H and O–H groups in total. The van der Waals surface area contributed by atoms with Gasteiger partial charge in [0.15, 0.2) is 0 Å². The molecule has 0 aliphatic carbocycles. The summed E-state index contributed by atoms with van der Waals surface area (Å²) in [6.45, 7) is 0.359. The van der Waals surface area contributed by atoms with Gasteiger partial charge >= 0.3 is 5.97 Å². The molecule has 7 heteroatoms. The van der Waals surface area contributed by atoms with Gasteiger partial charge in [-0.1, -0.05) is 0 Å². The van der Waals surface area contributed by atoms with Crippen LogP contribution in [0, 0.1) is 0 Å². The molecular weight excluding hydrogens is 218 g/mol. The van der Waals surface area contributed by atoms with Gasteiger partial charge in [-0.15, -0.1) is 0 Å². The van der Waals surface area contributed by atoms with Crippen LogP contribution in [0.4, 0.5) is 0 Å². The lowest BCUT2D eigenvalue weighted by Gasteiger charge is -2.30. The van der Waals surface area contributed by atoms with E-state index in [0.717, 1.165) is 6.42 Å². The van der Waals surface area contributed by atoms with Crippen molar-refractivity contribution in [3.05, 3.63) is 0 Å². The lowest BCUT2D eigenvalue weighted by atomic mass is 10.0. The maximum absolute atomic E-state index is 11.1. The Bertz CT molecular complexity index is 307. The minimum Gasteiger partial charge on any atom is -0.479 e. The van der Waals surface area contributed by atoms with Crippen molar-refractivity contribution in [2.24, 2.45) is 0 Å². The predicted molar refractivity (Wildman–Crippen MR) is 47.0 cm³/mol. The molecule has 0 aromatic rings. The standard InChI is InChI=1S/C6H10ClNO4S/c7-13(11,12)6(5(9)10)3-1-2-4-8-6/h8H,1-4H2,(H,9,10). The van der Waals surface area contributed by atoms with Crippen LogP contribution in [0.1, 0.15) is 19.3 Å². The number of rotatable bonds is 2. The second-order valence-electron chi connectivity index (χ2n) is 2.95. The van der Waals surface area contributed by atoms with E-state index in [9.17, 15) is 13.2 Å². The molecule has 1 rings (SSSR count). The van der Waals surface area contributed by atoms with Gasteiger partial charge in [-0.2, -0.15) is 0 Å². The van der Waals surface area contributed by atoms with E-state index in [0.29, 0.717) is 13.0 Å². The van der Waals surface area contributed by atoms with Crippen molar-refractivity contribution in [3.8, 4) is 0 Å². The van der Waals surface area contributed by atoms with Crippen LogP contribution in [0.5, 0.6) is 0 Å². The Balaban J connectivity index is 3.07. The molecule has 5 nitrogen and oxygen atoms in total. The lowest BCUT2D eigenvalue weighted by Crippen LogP contribution is -2.58. The van der Waals surface area contributed by atoms with Gasteiger partial charge in [0.2, 0.25) is 4.87 Å². The van der Waals surface area contributed by atoms with E-state index in [1.165, 1.54) is 0 Å². The summed E-state index contributed by atoms with van der Waals surface area (Å²) in [6, 6.07) is 0. The third-order valence-corrected chi connectivity index (χ3v) is 4.27. The van der Waals surface area contributed by atoms with Gasteiger partial charge in [0.1, 0.15) is 0 Å². The van der Waals surface area contributed by atoms with Crippen LogP contribution in [0.3, 0.4) is 0 Å². The fourth-order valence-electron chi connectivity index (χ4n) is 1.37. The SMILES string of the molecule is O=C(O)C1(S(=O)(=O)Cl)CCCCN1. The second-order valence-corrected chi connectivity index (χ2v) is 5.75. The van der Waals surface area contributed by atoms with E-state index in [2.05, 4.69) is 5.32 Å². The van der Waals surface area contributed by atoms with E-state index < -0.39 is 19.9 Å². The Morgan fingerprint density at radius 1 is 1.46 bits per heavy atom. The van der Waals surface area contributed by atoms with Gasteiger partial charge < -0.3 is 5.11 Å². The fourth-order valence-corrected chi connectivity index (χ4v) is 2.84. The van der Waals surface area contributed by atoms with Crippen molar-refractivity contribution < 1.29 is 18.3 Å². The fraction of sp³-hybridized carbons (Fsp3) is 0.833. The van der Waals surface area contributed by atoms with Crippen LogP contribution in [0.25, 0.3) is 0 Å². The Morgan fingerprint density at radius 3 is 2.31 bits per heavy atom. The molecule has 0 spiro atoms. The number of carbonyl (C=O) groups is 1. The molecule has 0 aromatic heterocycles. The highest BCUT2D eigenvalue weighted by atomic mass is 35.7. The second kappa shape index (κ2) is 3.43. The van der Waals surface area contributed by atoms with Crippen LogP contribution in [0.15, 0.2) is 0 Å². The van der Waals surface area contributed by atoms with E-state index in [1.807, 2.05) is 0 Å². The Morgan fingerprint density at radius 2 is 2.08 bits per heavy atom. The first-order chi connectivity index (χ1) is 5.90. The van der Waals surface area contributed by atoms with Crippen molar-refractivity contribution in [1.29, 1.82) is 0 Å². The zero-order chi connectivity index (χ0) is 10.1. The molecule has 1 unspecified atom stereocenters. The van der Waals surface area contributed by atoms with Crippen molar-refractivity contribution in [1.82, 2.24) is 5.32 Å². The zero-order valence-electron chi connectivity index (χ0n) is 6.79. The lowest BCUT2D eigenvalue weighted by molar-refractivity contribution is -0.141. The first kappa shape index (κ1) is 10.7. The summed E-state index contributed by atoms with van der Waals surface area (Å²) in [5.74, 6) is -1.43. The van der Waals surface area contributed by atoms with Crippen LogP contribution in [-0.2, 0) is 13.8 Å². The minimum atomic E-state index is -4.13. The number of nitrogens with one attached hydrogen (secondary N) is 1. The minimum absolute atomic E-state index is 0.0220. The predicted octanol–water partition coefficient (Wildman–Crippen LogP) is 0.109. The Kier molecular flexibility index (Phi) is 2.84. The van der Waals surface area contributed by atoms with E-state index in [1.54, 1.807) is 0 Å². The van der Waals surface area contributed by atoms with Gasteiger partial charge in [-0.05, 0) is 25.8 Å². The molecule has 76 valence electrons. The molecule has 0 amide bonds. The van der Waals surface area contributed by atoms with Crippen molar-refractivity contribution in [2.45, 2.75) is 24.1 Å². The number of hydrogen-bond acceptors (Lipinski definition) is 4. The highest BCUT2D eigenvalue weighted by Gasteiger charge is 2.50. The normalized spacial score (nSPS) is 29.9. The molecule has 1 heterocycles. The summed E-state index contributed by atoms with van der Waals surface area (Å²) in [4.78, 5) is 8.82. The molecule has 0 saturated carbocycles. The maximum atomic E-state index is 11.1. The van der Waals surface area contributed by atoms with Crippen molar-refractivity contribution in [2.75, 3.05) is 6.54 Å². The monoisotopic (exact) mass is 227 g/mol. The molecule has 1 aliphatic rings. The number of halogens is 1. The molecular formula is C6H10ClNO4S. The third-order valence-electron chi connectivity index (χ3n) is 2.13. The molecule has 0 bridgehead atoms. The summed E-state index contributed by atoms with van der Waals surface area (Å²) in [6.07, 6.45) is 1.33. The van der Waals surface area contributed by atoms with Crippen LogP contribution >= 0.6 is 10.7 Å². The Labute approximate surface area is 80.5 Å². The number of aliphatic carboxylic acids is 1. The van der Waals surface area contributed by atoms with Gasteiger partial charge in [0.25, 0.3) is 9.05 Å². The zero-order valence-corrected chi connectivity index (χ0v) is 8.36. The first-order valence-electron chi connectivity index (χ1n) is 3.83. The highest BCUT2D eigenvalue weighted by molar-refractivity contribution is 8.15. The largest absolute Gasteiger partial charge is 0.479 e. The van der Waals surface area contributed by atoms with Crippen LogP contribution < -0.4 is 5.32 Å². The summed E-state index contributed by atoms with van der Waals surface area (Å²) in [7, 11) is 0.967. The van der Waals surface area contributed by atoms with E-state index in [4.69, 9.17) is 15.8 Å². The molecule has 0 radical (unpaired) electrons. The number of carboxylic acids is 1. The van der Waals surface area contributed by atoms with Gasteiger partial charge in [-0.3, -0.25) is 5.32 Å². The smallest absolute Gasteiger partial charge is 0.341 e. The maximum Gasteiger partial charge on any atom is 0.341 e. The quantitative estimate of drug-likeness (QED) is 0.655. The number of piperidine rings is 1. The number of hydrogen-bond donors (Lipinski definition) is 2. The molecule has 0 aromatic carbocycles. The topological polar surface area (TPSA) is 83.5 Å². The molecule has 1 aliphatic heterocycles. The summed E-state index contributed by atoms with van der Waals surface area (Å²) < 4.78 is 22.1. The van der Waals surface area contributed by atoms with E-state index >= 15 is 0 Å². The molecule has 1 fully saturated rings. The van der Waals surface area contributed by atoms with Crippen LogP contribution in [0.2, 0.25) is 0 Å². The molecule has 1 saturated heterocycles. The van der Waals surface area contributed by atoms with Crippen LogP contribution in [-0.4, -0.2) is 30.9 Å². The third kappa shape index (κ3) is 1.79. The van der Waals surface area contributed by atoms with E-state index in [-0.39, 0.29) is 6.42 Å². The first-order valence-corrected chi connectivity index (χ1v) is 6.14. The van der Waals surface area contributed by atoms with Gasteiger partial charge in [0, 0.05) is 10.7 Å². The average molecular weight is 228 g/mol. The summed E-state index contributed by atoms with van der Waals surface area (Å²) in [5.41, 5.74) is 0. The van der Waals surface area contributed by atoms with Gasteiger partial charge in [-0.25, -0.2) is 13.2 Å². The molecule has 1 atom stereocenters. The Hall–Kier alpha value is -0.330. The number of carboxylic acid groups (broad SMARTS) is 1. The van der Waals surface area contributed by atoms with Crippen molar-refractivity contribution >= 4 is 25.7 Å². The molecule has 13 heavy (non-hydrogen) atoms. The highest BCUT2D eigenvalue weighted by Crippen LogP contribution is 2.28. The van der Waals surface area contributed by atoms with Crippen molar-refractivity contribution in [3.63, 3.8) is 0 Å². The summed E-state index contributed by atoms with van der Waals surface area (Å²) >= 11 is 0.